The highest BCUT2D eigenvalue weighted by Gasteiger charge is 2.13. The Kier molecular flexibility index (Phi) is 7.64. The zero-order chi connectivity index (χ0) is 19.8. The topological polar surface area (TPSA) is 81.7 Å². The van der Waals surface area contributed by atoms with Gasteiger partial charge < -0.3 is 14.8 Å². The Morgan fingerprint density at radius 3 is 2.37 bits per heavy atom. The zero-order valence-electron chi connectivity index (χ0n) is 14.5. The molecule has 0 aliphatic rings. The number of methoxy groups -OCH3 is 1. The van der Waals surface area contributed by atoms with Crippen LogP contribution in [0.5, 0.6) is 5.75 Å². The summed E-state index contributed by atoms with van der Waals surface area (Å²) < 4.78 is 9.92. The van der Waals surface area contributed by atoms with Crippen LogP contribution in [0.2, 0.25) is 10.0 Å². The van der Waals surface area contributed by atoms with Crippen molar-refractivity contribution in [3.8, 4) is 5.75 Å². The number of Topliss-reactive ketones (excluding diaryl/α,β-unsaturated/α-hetero) is 1. The first kappa shape index (κ1) is 20.7. The molecule has 0 aliphatic carbocycles. The van der Waals surface area contributed by atoms with Crippen LogP contribution < -0.4 is 10.1 Å². The first-order chi connectivity index (χ1) is 12.9. The van der Waals surface area contributed by atoms with Crippen molar-refractivity contribution in [3.63, 3.8) is 0 Å². The van der Waals surface area contributed by atoms with Gasteiger partial charge in [0.15, 0.2) is 12.4 Å². The summed E-state index contributed by atoms with van der Waals surface area (Å²) in [6.07, 6.45) is -0.279. The second-order valence-electron chi connectivity index (χ2n) is 5.48. The standard InChI is InChI=1S/C19H17Cl2NO5/c1-26-14-5-2-12(3-6-14)17(23)11-27-19(25)9-8-18(24)22-16-10-13(20)4-7-15(16)21/h2-7,10H,8-9,11H2,1H3,(H,22,24). The normalized spacial score (nSPS) is 10.2. The van der Waals surface area contributed by atoms with Gasteiger partial charge in [-0.25, -0.2) is 0 Å². The smallest absolute Gasteiger partial charge is 0.306 e. The Balaban J connectivity index is 1.75. The summed E-state index contributed by atoms with van der Waals surface area (Å²) in [4.78, 5) is 35.6. The van der Waals surface area contributed by atoms with Crippen LogP contribution in [0.3, 0.4) is 0 Å². The number of rotatable bonds is 8. The molecule has 27 heavy (non-hydrogen) atoms. The van der Waals surface area contributed by atoms with Crippen LogP contribution in [0.4, 0.5) is 5.69 Å². The molecule has 0 unspecified atom stereocenters. The highest BCUT2D eigenvalue weighted by Crippen LogP contribution is 2.25. The summed E-state index contributed by atoms with van der Waals surface area (Å²) >= 11 is 11.8. The number of ether oxygens (including phenoxy) is 2. The minimum atomic E-state index is -0.649. The molecule has 0 spiro atoms. The molecule has 0 heterocycles. The number of hydrogen-bond acceptors (Lipinski definition) is 5. The highest BCUT2D eigenvalue weighted by atomic mass is 35.5. The lowest BCUT2D eigenvalue weighted by molar-refractivity contribution is -0.143. The maximum absolute atomic E-state index is 12.0. The van der Waals surface area contributed by atoms with Crippen molar-refractivity contribution >= 4 is 46.5 Å². The van der Waals surface area contributed by atoms with E-state index in [-0.39, 0.29) is 18.6 Å². The molecule has 0 fully saturated rings. The molecular formula is C19H17Cl2NO5. The van der Waals surface area contributed by atoms with Crippen LogP contribution in [0.25, 0.3) is 0 Å². The van der Waals surface area contributed by atoms with E-state index in [9.17, 15) is 14.4 Å². The van der Waals surface area contributed by atoms with Crippen molar-refractivity contribution in [2.24, 2.45) is 0 Å². The van der Waals surface area contributed by atoms with E-state index in [0.29, 0.717) is 27.0 Å². The van der Waals surface area contributed by atoms with E-state index in [2.05, 4.69) is 5.32 Å². The van der Waals surface area contributed by atoms with E-state index in [1.165, 1.54) is 13.2 Å². The lowest BCUT2D eigenvalue weighted by Crippen LogP contribution is -2.17. The van der Waals surface area contributed by atoms with Crippen molar-refractivity contribution in [1.82, 2.24) is 0 Å². The molecule has 0 aliphatic heterocycles. The van der Waals surface area contributed by atoms with Crippen LogP contribution in [0.1, 0.15) is 23.2 Å². The lowest BCUT2D eigenvalue weighted by atomic mass is 10.1. The summed E-state index contributed by atoms with van der Waals surface area (Å²) in [7, 11) is 1.52. The molecular weight excluding hydrogens is 393 g/mol. The molecule has 2 rings (SSSR count). The maximum atomic E-state index is 12.0. The second kappa shape index (κ2) is 9.94. The number of amides is 1. The number of carbonyl (C=O) groups excluding carboxylic acids is 3. The van der Waals surface area contributed by atoms with Gasteiger partial charge in [-0.15, -0.1) is 0 Å². The molecule has 1 amide bonds. The molecule has 0 atom stereocenters. The van der Waals surface area contributed by atoms with Gasteiger partial charge in [0.25, 0.3) is 0 Å². The number of anilines is 1. The predicted octanol–water partition coefficient (Wildman–Crippen LogP) is 4.15. The van der Waals surface area contributed by atoms with Gasteiger partial charge in [-0.05, 0) is 42.5 Å². The molecule has 0 bridgehead atoms. The number of carbonyl (C=O) groups is 3. The van der Waals surface area contributed by atoms with E-state index >= 15 is 0 Å². The molecule has 8 heteroatoms. The number of benzene rings is 2. The van der Waals surface area contributed by atoms with Crippen LogP contribution in [0.15, 0.2) is 42.5 Å². The molecule has 6 nitrogen and oxygen atoms in total. The monoisotopic (exact) mass is 409 g/mol. The first-order valence-corrected chi connectivity index (χ1v) is 8.72. The number of halogens is 2. The molecule has 0 saturated carbocycles. The summed E-state index contributed by atoms with van der Waals surface area (Å²) in [5, 5.41) is 3.32. The highest BCUT2D eigenvalue weighted by molar-refractivity contribution is 6.35. The third-order valence-corrected chi connectivity index (χ3v) is 4.10. The number of esters is 1. The first-order valence-electron chi connectivity index (χ1n) is 7.97. The number of hydrogen-bond donors (Lipinski definition) is 1. The van der Waals surface area contributed by atoms with Gasteiger partial charge in [0.2, 0.25) is 5.91 Å². The molecule has 0 saturated heterocycles. The SMILES string of the molecule is COc1ccc(C(=O)COC(=O)CCC(=O)Nc2cc(Cl)ccc2Cl)cc1. The Bertz CT molecular complexity index is 836. The predicted molar refractivity (Wildman–Crippen MR) is 103 cm³/mol. The van der Waals surface area contributed by atoms with E-state index in [1.54, 1.807) is 36.4 Å². The molecule has 0 aromatic heterocycles. The average molecular weight is 410 g/mol. The van der Waals surface area contributed by atoms with Crippen molar-refractivity contribution in [3.05, 3.63) is 58.1 Å². The fourth-order valence-electron chi connectivity index (χ4n) is 2.10. The van der Waals surface area contributed by atoms with E-state index in [1.807, 2.05) is 0 Å². The fourth-order valence-corrected chi connectivity index (χ4v) is 2.44. The van der Waals surface area contributed by atoms with Crippen LogP contribution in [0, 0.1) is 0 Å². The van der Waals surface area contributed by atoms with Crippen LogP contribution >= 0.6 is 23.2 Å². The van der Waals surface area contributed by atoms with Gasteiger partial charge in [0, 0.05) is 17.0 Å². The minimum Gasteiger partial charge on any atom is -0.497 e. The Hall–Kier alpha value is -2.57. The van der Waals surface area contributed by atoms with E-state index in [4.69, 9.17) is 32.7 Å². The second-order valence-corrected chi connectivity index (χ2v) is 6.33. The largest absolute Gasteiger partial charge is 0.497 e. The fraction of sp³-hybridized carbons (Fsp3) is 0.211. The van der Waals surface area contributed by atoms with Gasteiger partial charge in [-0.1, -0.05) is 23.2 Å². The zero-order valence-corrected chi connectivity index (χ0v) is 16.0. The molecule has 1 N–H and O–H groups in total. The van der Waals surface area contributed by atoms with Crippen molar-refractivity contribution in [2.75, 3.05) is 19.0 Å². The summed E-state index contributed by atoms with van der Waals surface area (Å²) in [6, 6.07) is 11.1. The van der Waals surface area contributed by atoms with Gasteiger partial charge >= 0.3 is 5.97 Å². The van der Waals surface area contributed by atoms with E-state index in [0.717, 1.165) is 0 Å². The van der Waals surface area contributed by atoms with Gasteiger partial charge in [0.1, 0.15) is 5.75 Å². The Morgan fingerprint density at radius 2 is 1.70 bits per heavy atom. The van der Waals surface area contributed by atoms with E-state index < -0.39 is 18.5 Å². The lowest BCUT2D eigenvalue weighted by Gasteiger charge is -2.08. The third-order valence-electron chi connectivity index (χ3n) is 3.53. The summed E-state index contributed by atoms with van der Waals surface area (Å²) in [6.45, 7) is -0.396. The van der Waals surface area contributed by atoms with Crippen LogP contribution in [-0.2, 0) is 14.3 Å². The Morgan fingerprint density at radius 1 is 1.00 bits per heavy atom. The minimum absolute atomic E-state index is 0.113. The third kappa shape index (κ3) is 6.58. The van der Waals surface area contributed by atoms with Crippen molar-refractivity contribution in [2.45, 2.75) is 12.8 Å². The summed E-state index contributed by atoms with van der Waals surface area (Å²) in [5.74, 6) is -0.794. The molecule has 2 aromatic carbocycles. The Labute approximate surface area is 166 Å². The van der Waals surface area contributed by atoms with Gasteiger partial charge in [-0.2, -0.15) is 0 Å². The average Bonchev–Trinajstić information content (AvgIpc) is 2.67. The molecule has 0 radical (unpaired) electrons. The molecule has 2 aromatic rings. The van der Waals surface area contributed by atoms with Crippen molar-refractivity contribution in [1.29, 1.82) is 0 Å². The van der Waals surface area contributed by atoms with Gasteiger partial charge in [0.05, 0.1) is 24.2 Å². The number of nitrogens with one attached hydrogen (secondary N) is 1. The van der Waals surface area contributed by atoms with Gasteiger partial charge in [-0.3, -0.25) is 14.4 Å². The van der Waals surface area contributed by atoms with Crippen molar-refractivity contribution < 1.29 is 23.9 Å². The molecule has 142 valence electrons. The quantitative estimate of drug-likeness (QED) is 0.523. The van der Waals surface area contributed by atoms with Crippen LogP contribution in [-0.4, -0.2) is 31.4 Å². The summed E-state index contributed by atoms with van der Waals surface area (Å²) in [5.41, 5.74) is 0.758. The number of ketones is 1. The maximum Gasteiger partial charge on any atom is 0.306 e.